The molecule has 0 saturated heterocycles. The summed E-state index contributed by atoms with van der Waals surface area (Å²) in [6.07, 6.45) is 0.181. The van der Waals surface area contributed by atoms with Gasteiger partial charge < -0.3 is 10.4 Å². The van der Waals surface area contributed by atoms with E-state index in [1.54, 1.807) is 6.07 Å². The second-order valence-electron chi connectivity index (χ2n) is 5.22. The molecule has 0 radical (unpaired) electrons. The lowest BCUT2D eigenvalue weighted by Gasteiger charge is -2.13. The van der Waals surface area contributed by atoms with Crippen molar-refractivity contribution < 1.29 is 9.90 Å². The highest BCUT2D eigenvalue weighted by atomic mass is 16.3. The van der Waals surface area contributed by atoms with Crippen LogP contribution in [0.4, 0.5) is 0 Å². The lowest BCUT2D eigenvalue weighted by molar-refractivity contribution is 0.0915. The predicted molar refractivity (Wildman–Crippen MR) is 70.5 cm³/mol. The maximum absolute atomic E-state index is 11.8. The summed E-state index contributed by atoms with van der Waals surface area (Å²) in [5.74, 6) is 0.329. The minimum Gasteiger partial charge on any atom is -0.393 e. The molecule has 0 aliphatic carbocycles. The molecule has 1 heterocycles. The lowest BCUT2D eigenvalue weighted by Crippen LogP contribution is -2.28. The van der Waals surface area contributed by atoms with Gasteiger partial charge in [0.2, 0.25) is 0 Å². The van der Waals surface area contributed by atoms with Crippen molar-refractivity contribution in [2.45, 2.75) is 46.1 Å². The average molecular weight is 253 g/mol. The maximum Gasteiger partial charge on any atom is 0.271 e. The van der Waals surface area contributed by atoms with Crippen LogP contribution < -0.4 is 5.32 Å². The molecule has 5 nitrogen and oxygen atoms in total. The van der Waals surface area contributed by atoms with Crippen LogP contribution in [-0.2, 0) is 0 Å². The quantitative estimate of drug-likeness (QED) is 0.721. The highest BCUT2D eigenvalue weighted by molar-refractivity contribution is 5.92. The summed E-state index contributed by atoms with van der Waals surface area (Å²) in [5.41, 5.74) is 1.35. The van der Waals surface area contributed by atoms with Crippen molar-refractivity contribution in [1.29, 1.82) is 0 Å². The predicted octanol–water partition coefficient (Wildman–Crippen LogP) is 1.67. The lowest BCUT2D eigenvalue weighted by atomic mass is 10.0. The molecule has 5 heteroatoms. The van der Waals surface area contributed by atoms with E-state index in [1.165, 1.54) is 0 Å². The van der Waals surface area contributed by atoms with Gasteiger partial charge in [-0.2, -0.15) is 5.10 Å². The Morgan fingerprint density at radius 2 is 2.11 bits per heavy atom. The van der Waals surface area contributed by atoms with E-state index >= 15 is 0 Å². The first kappa shape index (κ1) is 14.7. The smallest absolute Gasteiger partial charge is 0.271 e. The van der Waals surface area contributed by atoms with Gasteiger partial charge in [0.25, 0.3) is 5.91 Å². The van der Waals surface area contributed by atoms with Gasteiger partial charge >= 0.3 is 0 Å². The first-order chi connectivity index (χ1) is 8.41. The van der Waals surface area contributed by atoms with Gasteiger partial charge in [0.15, 0.2) is 0 Å². The summed E-state index contributed by atoms with van der Waals surface area (Å²) in [6, 6.07) is 1.76. The Bertz CT molecular complexity index is 385. The molecule has 18 heavy (non-hydrogen) atoms. The number of hydrogen-bond acceptors (Lipinski definition) is 3. The molecule has 1 aromatic heterocycles. The number of nitrogens with one attached hydrogen (secondary N) is 2. The van der Waals surface area contributed by atoms with E-state index < -0.39 is 0 Å². The summed E-state index contributed by atoms with van der Waals surface area (Å²) < 4.78 is 0. The Morgan fingerprint density at radius 1 is 1.44 bits per heavy atom. The third-order valence-corrected chi connectivity index (χ3v) is 2.95. The molecule has 0 bridgehead atoms. The van der Waals surface area contributed by atoms with Crippen LogP contribution in [0.2, 0.25) is 0 Å². The Kier molecular flexibility index (Phi) is 5.34. The number of hydrogen-bond donors (Lipinski definition) is 3. The molecule has 1 atom stereocenters. The first-order valence-corrected chi connectivity index (χ1v) is 6.43. The molecule has 1 aromatic rings. The molecule has 1 rings (SSSR count). The van der Waals surface area contributed by atoms with Crippen LogP contribution in [0, 0.1) is 5.92 Å². The van der Waals surface area contributed by atoms with Crippen molar-refractivity contribution in [3.8, 4) is 0 Å². The molecule has 0 fully saturated rings. The van der Waals surface area contributed by atoms with E-state index in [0.717, 1.165) is 5.69 Å². The fourth-order valence-corrected chi connectivity index (χ4v) is 1.51. The number of carbonyl (C=O) groups excluding carboxylic acids is 1. The van der Waals surface area contributed by atoms with E-state index in [4.69, 9.17) is 0 Å². The molecule has 102 valence electrons. The molecule has 0 spiro atoms. The highest BCUT2D eigenvalue weighted by Crippen LogP contribution is 2.11. The van der Waals surface area contributed by atoms with Gasteiger partial charge in [-0.1, -0.05) is 27.7 Å². The topological polar surface area (TPSA) is 78.0 Å². The van der Waals surface area contributed by atoms with Crippen LogP contribution in [-0.4, -0.2) is 33.9 Å². The second-order valence-corrected chi connectivity index (χ2v) is 5.22. The number of H-pyrrole nitrogens is 1. The number of amides is 1. The minimum atomic E-state index is -0.379. The SMILES string of the molecule is CC(C)c1cc(C(=O)NCCC(O)C(C)C)n[nH]1. The van der Waals surface area contributed by atoms with Crippen LogP contribution in [0.25, 0.3) is 0 Å². The van der Waals surface area contributed by atoms with Gasteiger partial charge in [-0.3, -0.25) is 9.89 Å². The zero-order chi connectivity index (χ0) is 13.7. The van der Waals surface area contributed by atoms with E-state index in [0.29, 0.717) is 24.6 Å². The Hall–Kier alpha value is -1.36. The van der Waals surface area contributed by atoms with Crippen molar-refractivity contribution in [2.24, 2.45) is 5.92 Å². The van der Waals surface area contributed by atoms with E-state index in [-0.39, 0.29) is 17.9 Å². The van der Waals surface area contributed by atoms with Crippen molar-refractivity contribution in [3.05, 3.63) is 17.5 Å². The summed E-state index contributed by atoms with van der Waals surface area (Å²) in [4.78, 5) is 11.8. The largest absolute Gasteiger partial charge is 0.393 e. The van der Waals surface area contributed by atoms with Gasteiger partial charge in [0, 0.05) is 12.2 Å². The molecular weight excluding hydrogens is 230 g/mol. The molecule has 0 aromatic carbocycles. The zero-order valence-corrected chi connectivity index (χ0v) is 11.5. The zero-order valence-electron chi connectivity index (χ0n) is 11.5. The summed E-state index contributed by atoms with van der Waals surface area (Å²) >= 11 is 0. The fourth-order valence-electron chi connectivity index (χ4n) is 1.51. The number of nitrogens with zero attached hydrogens (tertiary/aromatic N) is 1. The Labute approximate surface area is 108 Å². The number of aliphatic hydroxyl groups is 1. The summed E-state index contributed by atoms with van der Waals surface area (Å²) in [7, 11) is 0. The van der Waals surface area contributed by atoms with Gasteiger partial charge in [-0.05, 0) is 24.3 Å². The van der Waals surface area contributed by atoms with Crippen molar-refractivity contribution in [2.75, 3.05) is 6.54 Å². The summed E-state index contributed by atoms with van der Waals surface area (Å²) in [5, 5.41) is 19.2. The fraction of sp³-hybridized carbons (Fsp3) is 0.692. The standard InChI is InChI=1S/C13H23N3O2/c1-8(2)10-7-11(16-15-10)13(18)14-6-5-12(17)9(3)4/h7-9,12,17H,5-6H2,1-4H3,(H,14,18)(H,15,16). The van der Waals surface area contributed by atoms with Gasteiger partial charge in [-0.15, -0.1) is 0 Å². The highest BCUT2D eigenvalue weighted by Gasteiger charge is 2.13. The summed E-state index contributed by atoms with van der Waals surface area (Å²) in [6.45, 7) is 8.44. The van der Waals surface area contributed by atoms with Crippen LogP contribution in [0.15, 0.2) is 6.07 Å². The van der Waals surface area contributed by atoms with Gasteiger partial charge in [0.05, 0.1) is 6.10 Å². The number of aliphatic hydroxyl groups excluding tert-OH is 1. The average Bonchev–Trinajstić information content (AvgIpc) is 2.77. The van der Waals surface area contributed by atoms with Gasteiger partial charge in [0.1, 0.15) is 5.69 Å². The van der Waals surface area contributed by atoms with E-state index in [1.807, 2.05) is 27.7 Å². The van der Waals surface area contributed by atoms with Crippen molar-refractivity contribution in [1.82, 2.24) is 15.5 Å². The normalized spacial score (nSPS) is 13.1. The molecular formula is C13H23N3O2. The molecule has 1 amide bonds. The van der Waals surface area contributed by atoms with Crippen LogP contribution in [0.1, 0.15) is 56.2 Å². The Morgan fingerprint density at radius 3 is 2.61 bits per heavy atom. The number of carbonyl (C=O) groups is 1. The second kappa shape index (κ2) is 6.54. The van der Waals surface area contributed by atoms with Crippen molar-refractivity contribution in [3.63, 3.8) is 0 Å². The molecule has 0 aliphatic rings. The van der Waals surface area contributed by atoms with E-state index in [2.05, 4.69) is 15.5 Å². The monoisotopic (exact) mass is 253 g/mol. The number of aromatic nitrogens is 2. The Balaban J connectivity index is 2.41. The van der Waals surface area contributed by atoms with E-state index in [9.17, 15) is 9.90 Å². The van der Waals surface area contributed by atoms with Crippen LogP contribution >= 0.6 is 0 Å². The number of rotatable bonds is 6. The number of aromatic amines is 1. The first-order valence-electron chi connectivity index (χ1n) is 6.43. The maximum atomic E-state index is 11.8. The third-order valence-electron chi connectivity index (χ3n) is 2.95. The van der Waals surface area contributed by atoms with Gasteiger partial charge in [-0.25, -0.2) is 0 Å². The third kappa shape index (κ3) is 4.14. The molecule has 0 aliphatic heterocycles. The van der Waals surface area contributed by atoms with Crippen molar-refractivity contribution >= 4 is 5.91 Å². The molecule has 3 N–H and O–H groups in total. The molecule has 1 unspecified atom stereocenters. The van der Waals surface area contributed by atoms with Crippen LogP contribution in [0.3, 0.4) is 0 Å². The molecule has 0 saturated carbocycles. The minimum absolute atomic E-state index is 0.200. The van der Waals surface area contributed by atoms with Crippen LogP contribution in [0.5, 0.6) is 0 Å².